The topological polar surface area (TPSA) is 72.7 Å². The number of amides is 2. The van der Waals surface area contributed by atoms with Crippen LogP contribution < -0.4 is 20.1 Å². The van der Waals surface area contributed by atoms with Crippen molar-refractivity contribution in [3.05, 3.63) is 41.9 Å². The van der Waals surface area contributed by atoms with Gasteiger partial charge in [-0.15, -0.1) is 0 Å². The first-order valence-electron chi connectivity index (χ1n) is 7.48. The lowest BCUT2D eigenvalue weighted by Gasteiger charge is -2.14. The lowest BCUT2D eigenvalue weighted by Crippen LogP contribution is -2.30. The fraction of sp³-hybridized carbons (Fsp3) is 0.353. The zero-order chi connectivity index (χ0) is 16.8. The van der Waals surface area contributed by atoms with Crippen LogP contribution in [0.3, 0.4) is 0 Å². The maximum absolute atomic E-state index is 12.1. The zero-order valence-electron chi connectivity index (χ0n) is 13.8. The number of aryl methyl sites for hydroxylation is 1. The van der Waals surface area contributed by atoms with E-state index in [2.05, 4.69) is 10.6 Å². The molecule has 0 aliphatic rings. The molecule has 6 nitrogen and oxygen atoms in total. The molecule has 0 bridgehead atoms. The van der Waals surface area contributed by atoms with Gasteiger partial charge in [0.25, 0.3) is 0 Å². The van der Waals surface area contributed by atoms with Crippen LogP contribution in [0.5, 0.6) is 11.5 Å². The largest absolute Gasteiger partial charge is 0.493 e. The first-order valence-corrected chi connectivity index (χ1v) is 7.48. The molecular formula is C17H22N2O4. The van der Waals surface area contributed by atoms with E-state index in [0.29, 0.717) is 29.6 Å². The summed E-state index contributed by atoms with van der Waals surface area (Å²) in [5.74, 6) is 2.73. The molecule has 1 aromatic carbocycles. The molecule has 0 spiro atoms. The molecule has 2 aromatic rings. The maximum Gasteiger partial charge on any atom is 0.319 e. The number of carbonyl (C=O) groups excluding carboxylic acids is 1. The van der Waals surface area contributed by atoms with Crippen molar-refractivity contribution in [3.8, 4) is 11.5 Å². The van der Waals surface area contributed by atoms with Gasteiger partial charge in [-0.25, -0.2) is 4.79 Å². The molecule has 0 saturated heterocycles. The van der Waals surface area contributed by atoms with E-state index >= 15 is 0 Å². The van der Waals surface area contributed by atoms with Crippen molar-refractivity contribution < 1.29 is 18.7 Å². The Bertz CT molecular complexity index is 666. The normalized spacial score (nSPS) is 11.7. The van der Waals surface area contributed by atoms with Crippen LogP contribution in [0.15, 0.2) is 34.7 Å². The van der Waals surface area contributed by atoms with Gasteiger partial charge in [-0.2, -0.15) is 0 Å². The smallest absolute Gasteiger partial charge is 0.319 e. The maximum atomic E-state index is 12.1. The Balaban J connectivity index is 2.00. The van der Waals surface area contributed by atoms with E-state index in [1.165, 1.54) is 0 Å². The van der Waals surface area contributed by atoms with Crippen molar-refractivity contribution >= 4 is 11.7 Å². The molecule has 1 aromatic heterocycles. The third-order valence-corrected chi connectivity index (χ3v) is 3.26. The van der Waals surface area contributed by atoms with E-state index in [4.69, 9.17) is 13.9 Å². The Morgan fingerprint density at radius 2 is 2.04 bits per heavy atom. The van der Waals surface area contributed by atoms with Gasteiger partial charge in [-0.05, 0) is 45.0 Å². The summed E-state index contributed by atoms with van der Waals surface area (Å²) in [5.41, 5.74) is 0.620. The van der Waals surface area contributed by atoms with Gasteiger partial charge >= 0.3 is 6.03 Å². The number of furan rings is 1. The molecule has 2 N–H and O–H groups in total. The van der Waals surface area contributed by atoms with Crippen LogP contribution in [0.4, 0.5) is 10.5 Å². The summed E-state index contributed by atoms with van der Waals surface area (Å²) in [5, 5.41) is 5.59. The fourth-order valence-electron chi connectivity index (χ4n) is 2.14. The Labute approximate surface area is 135 Å². The molecule has 0 radical (unpaired) electrons. The third kappa shape index (κ3) is 4.42. The number of hydrogen-bond acceptors (Lipinski definition) is 4. The van der Waals surface area contributed by atoms with Crippen LogP contribution in [-0.2, 0) is 0 Å². The molecule has 0 aliphatic heterocycles. The number of methoxy groups -OCH3 is 1. The number of urea groups is 1. The van der Waals surface area contributed by atoms with Gasteiger partial charge in [0.2, 0.25) is 0 Å². The van der Waals surface area contributed by atoms with Crippen LogP contribution in [-0.4, -0.2) is 19.7 Å². The SMILES string of the molecule is CCOc1cc(NC(=O)NC(C)c2ccc(C)o2)ccc1OC. The minimum atomic E-state index is -0.320. The monoisotopic (exact) mass is 318 g/mol. The van der Waals surface area contributed by atoms with Crippen LogP contribution in [0.25, 0.3) is 0 Å². The second-order valence-corrected chi connectivity index (χ2v) is 5.07. The second kappa shape index (κ2) is 7.58. The molecule has 2 rings (SSSR count). The first kappa shape index (κ1) is 16.7. The van der Waals surface area contributed by atoms with Gasteiger partial charge in [-0.1, -0.05) is 0 Å². The fourth-order valence-corrected chi connectivity index (χ4v) is 2.14. The van der Waals surface area contributed by atoms with Crippen LogP contribution in [0, 0.1) is 6.92 Å². The summed E-state index contributed by atoms with van der Waals surface area (Å²) in [6.45, 7) is 6.13. The minimum absolute atomic E-state index is 0.228. The zero-order valence-corrected chi connectivity index (χ0v) is 13.8. The highest BCUT2D eigenvalue weighted by Gasteiger charge is 2.13. The lowest BCUT2D eigenvalue weighted by molar-refractivity contribution is 0.247. The quantitative estimate of drug-likeness (QED) is 0.848. The molecule has 0 saturated carbocycles. The molecular weight excluding hydrogens is 296 g/mol. The van der Waals surface area contributed by atoms with E-state index in [1.807, 2.05) is 32.9 Å². The van der Waals surface area contributed by atoms with Gasteiger partial charge in [0.05, 0.1) is 19.8 Å². The van der Waals surface area contributed by atoms with Crippen LogP contribution in [0.2, 0.25) is 0 Å². The van der Waals surface area contributed by atoms with Crippen molar-refractivity contribution in [2.45, 2.75) is 26.8 Å². The predicted molar refractivity (Wildman–Crippen MR) is 88.2 cm³/mol. The number of carbonyl (C=O) groups is 1. The van der Waals surface area contributed by atoms with Crippen molar-refractivity contribution in [1.29, 1.82) is 0 Å². The molecule has 0 fully saturated rings. The average molecular weight is 318 g/mol. The summed E-state index contributed by atoms with van der Waals surface area (Å²) >= 11 is 0. The first-order chi connectivity index (χ1) is 11.0. The molecule has 6 heteroatoms. The molecule has 1 atom stereocenters. The number of ether oxygens (including phenoxy) is 2. The van der Waals surface area contributed by atoms with Crippen molar-refractivity contribution in [1.82, 2.24) is 5.32 Å². The number of anilines is 1. The molecule has 1 heterocycles. The Kier molecular flexibility index (Phi) is 5.51. The minimum Gasteiger partial charge on any atom is -0.493 e. The van der Waals surface area contributed by atoms with Crippen molar-refractivity contribution in [3.63, 3.8) is 0 Å². The van der Waals surface area contributed by atoms with E-state index in [-0.39, 0.29) is 12.1 Å². The van der Waals surface area contributed by atoms with Gasteiger partial charge in [0.15, 0.2) is 11.5 Å². The van der Waals surface area contributed by atoms with Crippen molar-refractivity contribution in [2.75, 3.05) is 19.0 Å². The molecule has 23 heavy (non-hydrogen) atoms. The van der Waals surface area contributed by atoms with Gasteiger partial charge in [0, 0.05) is 11.8 Å². The number of nitrogens with one attached hydrogen (secondary N) is 2. The molecule has 124 valence electrons. The Morgan fingerprint density at radius 1 is 1.26 bits per heavy atom. The highest BCUT2D eigenvalue weighted by atomic mass is 16.5. The third-order valence-electron chi connectivity index (χ3n) is 3.26. The van der Waals surface area contributed by atoms with Gasteiger partial charge < -0.3 is 24.5 Å². The molecule has 2 amide bonds. The summed E-state index contributed by atoms with van der Waals surface area (Å²) in [4.78, 5) is 12.1. The molecule has 0 aliphatic carbocycles. The number of benzene rings is 1. The summed E-state index contributed by atoms with van der Waals surface area (Å²) < 4.78 is 16.2. The van der Waals surface area contributed by atoms with E-state index in [0.717, 1.165) is 5.76 Å². The van der Waals surface area contributed by atoms with E-state index in [9.17, 15) is 4.79 Å². The van der Waals surface area contributed by atoms with Gasteiger partial charge in [0.1, 0.15) is 11.5 Å². The second-order valence-electron chi connectivity index (χ2n) is 5.07. The standard InChI is InChI=1S/C17H22N2O4/c1-5-22-16-10-13(7-9-15(16)21-4)19-17(20)18-12(3)14-8-6-11(2)23-14/h6-10,12H,5H2,1-4H3,(H2,18,19,20). The number of rotatable bonds is 6. The Hall–Kier alpha value is -2.63. The summed E-state index contributed by atoms with van der Waals surface area (Å²) in [7, 11) is 1.57. The summed E-state index contributed by atoms with van der Waals surface area (Å²) in [6.07, 6.45) is 0. The lowest BCUT2D eigenvalue weighted by atomic mass is 10.2. The molecule has 1 unspecified atom stereocenters. The van der Waals surface area contributed by atoms with E-state index in [1.54, 1.807) is 25.3 Å². The Morgan fingerprint density at radius 3 is 2.65 bits per heavy atom. The highest BCUT2D eigenvalue weighted by molar-refractivity contribution is 5.89. The van der Waals surface area contributed by atoms with E-state index < -0.39 is 0 Å². The summed E-state index contributed by atoms with van der Waals surface area (Å²) in [6, 6.07) is 8.39. The van der Waals surface area contributed by atoms with Crippen molar-refractivity contribution in [2.24, 2.45) is 0 Å². The van der Waals surface area contributed by atoms with Crippen LogP contribution >= 0.6 is 0 Å². The van der Waals surface area contributed by atoms with Gasteiger partial charge in [-0.3, -0.25) is 0 Å². The number of hydrogen-bond donors (Lipinski definition) is 2. The highest BCUT2D eigenvalue weighted by Crippen LogP contribution is 2.30. The predicted octanol–water partition coefficient (Wildman–Crippen LogP) is 3.88. The average Bonchev–Trinajstić information content (AvgIpc) is 2.94. The van der Waals surface area contributed by atoms with Crippen LogP contribution in [0.1, 0.15) is 31.4 Å².